The van der Waals surface area contributed by atoms with Crippen LogP contribution in [0.4, 0.5) is 0 Å². The Morgan fingerprint density at radius 1 is 1.33 bits per heavy atom. The zero-order valence-corrected chi connectivity index (χ0v) is 12.2. The van der Waals surface area contributed by atoms with Crippen LogP contribution in [0.2, 0.25) is 0 Å². The SMILES string of the molecule is N=C(N)C1CCCN1S(=O)(=O)c1cccc2ncccc12. The van der Waals surface area contributed by atoms with Crippen molar-refractivity contribution in [1.82, 2.24) is 9.29 Å². The Balaban J connectivity index is 2.15. The molecular weight excluding hydrogens is 288 g/mol. The van der Waals surface area contributed by atoms with Crippen molar-refractivity contribution in [2.45, 2.75) is 23.8 Å². The lowest BCUT2D eigenvalue weighted by Gasteiger charge is -2.23. The van der Waals surface area contributed by atoms with Crippen molar-refractivity contribution in [3.8, 4) is 0 Å². The molecule has 2 heterocycles. The Morgan fingerprint density at radius 2 is 2.14 bits per heavy atom. The van der Waals surface area contributed by atoms with Gasteiger partial charge in [0, 0.05) is 18.1 Å². The molecule has 2 aromatic rings. The van der Waals surface area contributed by atoms with Gasteiger partial charge in [-0.3, -0.25) is 10.4 Å². The molecule has 1 aliphatic heterocycles. The summed E-state index contributed by atoms with van der Waals surface area (Å²) in [4.78, 5) is 4.41. The van der Waals surface area contributed by atoms with Crippen LogP contribution >= 0.6 is 0 Å². The maximum atomic E-state index is 12.9. The van der Waals surface area contributed by atoms with E-state index < -0.39 is 16.1 Å². The van der Waals surface area contributed by atoms with Crippen molar-refractivity contribution in [2.24, 2.45) is 5.73 Å². The van der Waals surface area contributed by atoms with Crippen LogP contribution < -0.4 is 5.73 Å². The lowest BCUT2D eigenvalue weighted by molar-refractivity contribution is 0.444. The summed E-state index contributed by atoms with van der Waals surface area (Å²) in [5, 5.41) is 8.18. The summed E-state index contributed by atoms with van der Waals surface area (Å²) in [6.45, 7) is 0.392. The molecule has 1 unspecified atom stereocenters. The van der Waals surface area contributed by atoms with Crippen LogP contribution in [0.1, 0.15) is 12.8 Å². The first-order chi connectivity index (χ1) is 10.0. The molecule has 1 fully saturated rings. The first-order valence-electron chi connectivity index (χ1n) is 6.71. The van der Waals surface area contributed by atoms with Gasteiger partial charge >= 0.3 is 0 Å². The number of sulfonamides is 1. The van der Waals surface area contributed by atoms with Gasteiger partial charge in [-0.15, -0.1) is 0 Å². The van der Waals surface area contributed by atoms with E-state index in [4.69, 9.17) is 11.1 Å². The molecule has 21 heavy (non-hydrogen) atoms. The van der Waals surface area contributed by atoms with E-state index in [-0.39, 0.29) is 10.7 Å². The predicted octanol–water partition coefficient (Wildman–Crippen LogP) is 1.32. The second-order valence-electron chi connectivity index (χ2n) is 5.06. The van der Waals surface area contributed by atoms with Crippen molar-refractivity contribution in [2.75, 3.05) is 6.54 Å². The van der Waals surface area contributed by atoms with Crippen LogP contribution in [0.15, 0.2) is 41.4 Å². The minimum Gasteiger partial charge on any atom is -0.386 e. The van der Waals surface area contributed by atoms with Crippen LogP contribution in [-0.4, -0.2) is 36.1 Å². The third-order valence-corrected chi connectivity index (χ3v) is 5.72. The number of fused-ring (bicyclic) bond motifs is 1. The third kappa shape index (κ3) is 2.28. The van der Waals surface area contributed by atoms with E-state index in [1.165, 1.54) is 4.31 Å². The van der Waals surface area contributed by atoms with Gasteiger partial charge in [-0.25, -0.2) is 8.42 Å². The predicted molar refractivity (Wildman–Crippen MR) is 80.6 cm³/mol. The monoisotopic (exact) mass is 304 g/mol. The van der Waals surface area contributed by atoms with Crippen LogP contribution in [-0.2, 0) is 10.0 Å². The van der Waals surface area contributed by atoms with Gasteiger partial charge in [0.2, 0.25) is 10.0 Å². The van der Waals surface area contributed by atoms with E-state index in [0.717, 1.165) is 0 Å². The molecule has 6 nitrogen and oxygen atoms in total. The highest BCUT2D eigenvalue weighted by atomic mass is 32.2. The smallest absolute Gasteiger partial charge is 0.244 e. The molecule has 110 valence electrons. The fourth-order valence-electron chi connectivity index (χ4n) is 2.77. The molecule has 0 bridgehead atoms. The molecule has 7 heteroatoms. The minimum atomic E-state index is -3.69. The Bertz CT molecular complexity index is 798. The number of nitrogens with one attached hydrogen (secondary N) is 1. The van der Waals surface area contributed by atoms with Gasteiger partial charge in [-0.1, -0.05) is 6.07 Å². The minimum absolute atomic E-state index is 0.102. The maximum Gasteiger partial charge on any atom is 0.244 e. The molecule has 3 rings (SSSR count). The highest BCUT2D eigenvalue weighted by molar-refractivity contribution is 7.89. The van der Waals surface area contributed by atoms with Crippen LogP contribution in [0.3, 0.4) is 0 Å². The summed E-state index contributed by atoms with van der Waals surface area (Å²) in [5.74, 6) is -0.102. The fraction of sp³-hybridized carbons (Fsp3) is 0.286. The molecule has 0 saturated carbocycles. The Kier molecular flexibility index (Phi) is 3.38. The molecule has 0 radical (unpaired) electrons. The average Bonchev–Trinajstić information content (AvgIpc) is 2.97. The summed E-state index contributed by atoms with van der Waals surface area (Å²) in [5.41, 5.74) is 6.18. The highest BCUT2D eigenvalue weighted by Crippen LogP contribution is 2.29. The van der Waals surface area contributed by atoms with Gasteiger partial charge < -0.3 is 5.73 Å². The second kappa shape index (κ2) is 5.09. The molecule has 1 atom stereocenters. The number of hydrogen-bond donors (Lipinski definition) is 2. The first-order valence-corrected chi connectivity index (χ1v) is 8.15. The van der Waals surface area contributed by atoms with Crippen LogP contribution in [0.5, 0.6) is 0 Å². The van der Waals surface area contributed by atoms with E-state index >= 15 is 0 Å². The van der Waals surface area contributed by atoms with E-state index in [0.29, 0.717) is 30.3 Å². The second-order valence-corrected chi connectivity index (χ2v) is 6.91. The molecule has 1 aromatic heterocycles. The van der Waals surface area contributed by atoms with E-state index in [1.807, 2.05) is 0 Å². The molecule has 0 aliphatic carbocycles. The number of hydrogen-bond acceptors (Lipinski definition) is 4. The van der Waals surface area contributed by atoms with Crippen molar-refractivity contribution < 1.29 is 8.42 Å². The van der Waals surface area contributed by atoms with Crippen molar-refractivity contribution in [3.63, 3.8) is 0 Å². The van der Waals surface area contributed by atoms with Gasteiger partial charge in [-0.05, 0) is 37.1 Å². The largest absolute Gasteiger partial charge is 0.386 e. The van der Waals surface area contributed by atoms with Gasteiger partial charge in [0.05, 0.1) is 16.5 Å². The molecule has 3 N–H and O–H groups in total. The fourth-order valence-corrected chi connectivity index (χ4v) is 4.64. The quantitative estimate of drug-likeness (QED) is 0.659. The van der Waals surface area contributed by atoms with Gasteiger partial charge in [0.15, 0.2) is 0 Å². The Morgan fingerprint density at radius 3 is 2.90 bits per heavy atom. The average molecular weight is 304 g/mol. The maximum absolute atomic E-state index is 12.9. The summed E-state index contributed by atoms with van der Waals surface area (Å²) in [6.07, 6.45) is 2.94. The lowest BCUT2D eigenvalue weighted by atomic mass is 10.2. The number of rotatable bonds is 3. The van der Waals surface area contributed by atoms with Crippen molar-refractivity contribution in [1.29, 1.82) is 5.41 Å². The van der Waals surface area contributed by atoms with Gasteiger partial charge in [-0.2, -0.15) is 4.31 Å². The number of benzene rings is 1. The van der Waals surface area contributed by atoms with Crippen LogP contribution in [0.25, 0.3) is 10.9 Å². The molecule has 1 saturated heterocycles. The number of pyridine rings is 1. The third-order valence-electron chi connectivity index (χ3n) is 3.76. The Hall–Kier alpha value is -1.99. The zero-order chi connectivity index (χ0) is 15.0. The van der Waals surface area contributed by atoms with E-state index in [2.05, 4.69) is 4.98 Å². The zero-order valence-electron chi connectivity index (χ0n) is 11.4. The van der Waals surface area contributed by atoms with Crippen molar-refractivity contribution >= 4 is 26.8 Å². The standard InChI is InChI=1S/C14H16N4O2S/c15-14(16)12-6-3-9-18(12)21(19,20)13-7-1-5-11-10(13)4-2-8-17-11/h1-2,4-5,7-8,12H,3,6,9H2,(H3,15,16). The van der Waals surface area contributed by atoms with Gasteiger partial charge in [0.25, 0.3) is 0 Å². The normalized spacial score (nSPS) is 19.9. The number of amidine groups is 1. The molecule has 0 amide bonds. The van der Waals surface area contributed by atoms with Gasteiger partial charge in [0.1, 0.15) is 5.84 Å². The van der Waals surface area contributed by atoms with E-state index in [1.54, 1.807) is 36.5 Å². The number of nitrogens with zero attached hydrogens (tertiary/aromatic N) is 2. The molecular formula is C14H16N4O2S. The highest BCUT2D eigenvalue weighted by Gasteiger charge is 2.37. The summed E-state index contributed by atoms with van der Waals surface area (Å²) < 4.78 is 27.1. The molecule has 1 aliphatic rings. The van der Waals surface area contributed by atoms with Crippen molar-refractivity contribution in [3.05, 3.63) is 36.5 Å². The Labute approximate surface area is 123 Å². The van der Waals surface area contributed by atoms with E-state index in [9.17, 15) is 8.42 Å². The molecule has 1 aromatic carbocycles. The lowest BCUT2D eigenvalue weighted by Crippen LogP contribution is -2.43. The summed E-state index contributed by atoms with van der Waals surface area (Å²) >= 11 is 0. The summed E-state index contributed by atoms with van der Waals surface area (Å²) in [6, 6.07) is 7.96. The van der Waals surface area contributed by atoms with Crippen LogP contribution in [0, 0.1) is 5.41 Å². The number of nitrogens with two attached hydrogens (primary N) is 1. The summed E-state index contributed by atoms with van der Waals surface area (Å²) in [7, 11) is -3.69. The number of aromatic nitrogens is 1. The molecule has 0 spiro atoms. The topological polar surface area (TPSA) is 100 Å². The first kappa shape index (κ1) is 14.0.